The highest BCUT2D eigenvalue weighted by atomic mass is 16.5. The van der Waals surface area contributed by atoms with Gasteiger partial charge in [0.1, 0.15) is 0 Å². The van der Waals surface area contributed by atoms with Crippen molar-refractivity contribution >= 4 is 0 Å². The fourth-order valence-electron chi connectivity index (χ4n) is 2.18. The van der Waals surface area contributed by atoms with Gasteiger partial charge in [-0.2, -0.15) is 5.10 Å². The molecule has 0 saturated carbocycles. The van der Waals surface area contributed by atoms with Gasteiger partial charge >= 0.3 is 0 Å². The van der Waals surface area contributed by atoms with E-state index in [1.54, 1.807) is 0 Å². The van der Waals surface area contributed by atoms with E-state index in [0.29, 0.717) is 12.2 Å². The number of nitrogens with one attached hydrogen (secondary N) is 1. The molecule has 2 rings (SSSR count). The Labute approximate surface area is 110 Å². The summed E-state index contributed by atoms with van der Waals surface area (Å²) in [6.45, 7) is 10.3. The molecule has 2 atom stereocenters. The van der Waals surface area contributed by atoms with Crippen molar-refractivity contribution in [2.75, 3.05) is 0 Å². The number of nitrogens with zero attached hydrogens (tertiary/aromatic N) is 2. The molecule has 0 radical (unpaired) electrons. The van der Waals surface area contributed by atoms with E-state index >= 15 is 0 Å². The molecule has 0 spiro atoms. The number of rotatable bonds is 4. The molecule has 0 aliphatic carbocycles. The van der Waals surface area contributed by atoms with Gasteiger partial charge < -0.3 is 10.1 Å². The van der Waals surface area contributed by atoms with Crippen LogP contribution in [0.2, 0.25) is 0 Å². The molecule has 1 N–H and O–H groups in total. The van der Waals surface area contributed by atoms with Crippen LogP contribution in [0.15, 0.2) is 12.3 Å². The van der Waals surface area contributed by atoms with Crippen LogP contribution in [0, 0.1) is 0 Å². The molecule has 1 aromatic rings. The fourth-order valence-corrected chi connectivity index (χ4v) is 2.18. The normalized spacial score (nSPS) is 24.7. The topological polar surface area (TPSA) is 39.1 Å². The standard InChI is InChI=1S/C14H25N3O/c1-11-5-6-13(18-11)10-17-8-7-12(16-17)9-15-14(2,3)4/h7-8,11,13,15H,5-6,9-10H2,1-4H3. The fraction of sp³-hybridized carbons (Fsp3) is 0.786. The highest BCUT2D eigenvalue weighted by Crippen LogP contribution is 2.20. The van der Waals surface area contributed by atoms with Crippen molar-refractivity contribution in [3.05, 3.63) is 18.0 Å². The summed E-state index contributed by atoms with van der Waals surface area (Å²) >= 11 is 0. The molecule has 1 aliphatic rings. The summed E-state index contributed by atoms with van der Waals surface area (Å²) in [4.78, 5) is 0. The maximum atomic E-state index is 5.81. The van der Waals surface area contributed by atoms with Gasteiger partial charge in [-0.3, -0.25) is 4.68 Å². The number of hydrogen-bond donors (Lipinski definition) is 1. The molecule has 1 saturated heterocycles. The highest BCUT2D eigenvalue weighted by molar-refractivity contribution is 4.99. The van der Waals surface area contributed by atoms with Gasteiger partial charge in [0.05, 0.1) is 24.4 Å². The molecule has 18 heavy (non-hydrogen) atoms. The van der Waals surface area contributed by atoms with Crippen LogP contribution in [0.3, 0.4) is 0 Å². The van der Waals surface area contributed by atoms with Crippen LogP contribution in [-0.4, -0.2) is 27.5 Å². The Kier molecular flexibility index (Phi) is 4.07. The second kappa shape index (κ2) is 5.41. The minimum Gasteiger partial charge on any atom is -0.373 e. The summed E-state index contributed by atoms with van der Waals surface area (Å²) in [6, 6.07) is 2.08. The van der Waals surface area contributed by atoms with Crippen molar-refractivity contribution < 1.29 is 4.74 Å². The Balaban J connectivity index is 1.82. The predicted octanol–water partition coefficient (Wildman–Crippen LogP) is 2.34. The van der Waals surface area contributed by atoms with Crippen LogP contribution in [-0.2, 0) is 17.8 Å². The molecule has 4 heteroatoms. The minimum absolute atomic E-state index is 0.133. The summed E-state index contributed by atoms with van der Waals surface area (Å²) in [6.07, 6.45) is 5.11. The van der Waals surface area contributed by atoms with Crippen molar-refractivity contribution in [1.82, 2.24) is 15.1 Å². The van der Waals surface area contributed by atoms with Crippen molar-refractivity contribution in [1.29, 1.82) is 0 Å². The number of ether oxygens (including phenoxy) is 1. The summed E-state index contributed by atoms with van der Waals surface area (Å²) in [5.41, 5.74) is 1.23. The molecule has 1 aromatic heterocycles. The van der Waals surface area contributed by atoms with E-state index in [2.05, 4.69) is 44.2 Å². The summed E-state index contributed by atoms with van der Waals surface area (Å²) in [5, 5.41) is 8.02. The van der Waals surface area contributed by atoms with Crippen molar-refractivity contribution in [2.24, 2.45) is 0 Å². The zero-order chi connectivity index (χ0) is 13.2. The first kappa shape index (κ1) is 13.6. The van der Waals surface area contributed by atoms with Gasteiger partial charge in [-0.25, -0.2) is 0 Å². The third kappa shape index (κ3) is 4.10. The van der Waals surface area contributed by atoms with Gasteiger partial charge in [-0.1, -0.05) is 0 Å². The van der Waals surface area contributed by atoms with E-state index in [1.165, 1.54) is 6.42 Å². The lowest BCUT2D eigenvalue weighted by molar-refractivity contribution is 0.0436. The van der Waals surface area contributed by atoms with Crippen LogP contribution in [0.5, 0.6) is 0 Å². The minimum atomic E-state index is 0.133. The van der Waals surface area contributed by atoms with E-state index in [-0.39, 0.29) is 5.54 Å². The molecule has 4 nitrogen and oxygen atoms in total. The van der Waals surface area contributed by atoms with Crippen LogP contribution >= 0.6 is 0 Å². The van der Waals surface area contributed by atoms with Crippen molar-refractivity contribution in [3.8, 4) is 0 Å². The quantitative estimate of drug-likeness (QED) is 0.892. The Hall–Kier alpha value is -0.870. The first-order valence-electron chi connectivity index (χ1n) is 6.85. The van der Waals surface area contributed by atoms with E-state index in [9.17, 15) is 0 Å². The lowest BCUT2D eigenvalue weighted by atomic mass is 10.1. The van der Waals surface area contributed by atoms with Crippen LogP contribution in [0.25, 0.3) is 0 Å². The summed E-state index contributed by atoms with van der Waals surface area (Å²) in [5.74, 6) is 0. The van der Waals surface area contributed by atoms with E-state index in [4.69, 9.17) is 4.74 Å². The zero-order valence-corrected chi connectivity index (χ0v) is 11.9. The van der Waals surface area contributed by atoms with Gasteiger partial charge in [0, 0.05) is 18.3 Å². The summed E-state index contributed by atoms with van der Waals surface area (Å²) in [7, 11) is 0. The zero-order valence-electron chi connectivity index (χ0n) is 11.9. The smallest absolute Gasteiger partial charge is 0.0775 e. The van der Waals surface area contributed by atoms with Gasteiger partial charge in [-0.15, -0.1) is 0 Å². The van der Waals surface area contributed by atoms with Crippen LogP contribution in [0.1, 0.15) is 46.2 Å². The number of aromatic nitrogens is 2. The van der Waals surface area contributed by atoms with Gasteiger partial charge in [-0.05, 0) is 46.6 Å². The van der Waals surface area contributed by atoms with Gasteiger partial charge in [0.2, 0.25) is 0 Å². The Morgan fingerprint density at radius 2 is 2.22 bits per heavy atom. The van der Waals surface area contributed by atoms with E-state index in [1.807, 2.05) is 10.9 Å². The average molecular weight is 251 g/mol. The lowest BCUT2D eigenvalue weighted by Gasteiger charge is -2.19. The molecule has 2 unspecified atom stereocenters. The third-order valence-corrected chi connectivity index (χ3v) is 3.21. The highest BCUT2D eigenvalue weighted by Gasteiger charge is 2.22. The molecule has 1 aliphatic heterocycles. The first-order valence-corrected chi connectivity index (χ1v) is 6.85. The Morgan fingerprint density at radius 3 is 2.83 bits per heavy atom. The lowest BCUT2D eigenvalue weighted by Crippen LogP contribution is -2.35. The van der Waals surface area contributed by atoms with Crippen molar-refractivity contribution in [3.63, 3.8) is 0 Å². The Morgan fingerprint density at radius 1 is 1.44 bits per heavy atom. The third-order valence-electron chi connectivity index (χ3n) is 3.21. The second-order valence-electron chi connectivity index (χ2n) is 6.28. The molecule has 0 amide bonds. The molecule has 0 aromatic carbocycles. The molecule has 2 heterocycles. The molecule has 1 fully saturated rings. The monoisotopic (exact) mass is 251 g/mol. The van der Waals surface area contributed by atoms with Crippen LogP contribution < -0.4 is 5.32 Å². The maximum Gasteiger partial charge on any atom is 0.0775 e. The molecular weight excluding hydrogens is 226 g/mol. The maximum absolute atomic E-state index is 5.81. The number of hydrogen-bond acceptors (Lipinski definition) is 3. The van der Waals surface area contributed by atoms with Gasteiger partial charge in [0.25, 0.3) is 0 Å². The van der Waals surface area contributed by atoms with Gasteiger partial charge in [0.15, 0.2) is 0 Å². The Bertz CT molecular complexity index is 381. The summed E-state index contributed by atoms with van der Waals surface area (Å²) < 4.78 is 7.81. The molecule has 0 bridgehead atoms. The van der Waals surface area contributed by atoms with E-state index < -0.39 is 0 Å². The second-order valence-corrected chi connectivity index (χ2v) is 6.28. The molecule has 102 valence electrons. The van der Waals surface area contributed by atoms with E-state index in [0.717, 1.165) is 25.2 Å². The average Bonchev–Trinajstić information content (AvgIpc) is 2.85. The predicted molar refractivity (Wildman–Crippen MR) is 72.4 cm³/mol. The first-order chi connectivity index (χ1) is 8.42. The SMILES string of the molecule is CC1CCC(Cn2ccc(CNC(C)(C)C)n2)O1. The van der Waals surface area contributed by atoms with Crippen LogP contribution in [0.4, 0.5) is 0 Å². The largest absolute Gasteiger partial charge is 0.373 e. The van der Waals surface area contributed by atoms with Crippen molar-refractivity contribution in [2.45, 2.75) is 71.4 Å². The molecular formula is C14H25N3O.